The summed E-state index contributed by atoms with van der Waals surface area (Å²) in [5.74, 6) is 0.220. The van der Waals surface area contributed by atoms with Gasteiger partial charge in [0.15, 0.2) is 0 Å². The molecule has 0 saturated heterocycles. The predicted molar refractivity (Wildman–Crippen MR) is 127 cm³/mol. The van der Waals surface area contributed by atoms with Crippen LogP contribution in [0.15, 0.2) is 91.0 Å². The van der Waals surface area contributed by atoms with Crippen LogP contribution in [-0.2, 0) is 29.9 Å². The second-order valence-electron chi connectivity index (χ2n) is 7.30. The number of benzene rings is 3. The van der Waals surface area contributed by atoms with Crippen molar-refractivity contribution in [3.05, 3.63) is 108 Å². The Hall–Kier alpha value is -2.26. The Morgan fingerprint density at radius 3 is 1.41 bits per heavy atom. The molecule has 0 heterocycles. The maximum Gasteiger partial charge on any atom is 0.394 e. The molecule has 0 aliphatic rings. The summed E-state index contributed by atoms with van der Waals surface area (Å²) in [4.78, 5) is 2.34. The molecule has 0 aliphatic heterocycles. The lowest BCUT2D eigenvalue weighted by atomic mass is 9.99. The fraction of sp³-hybridized carbons (Fsp3) is 0.250. The highest BCUT2D eigenvalue weighted by molar-refractivity contribution is 7.79. The van der Waals surface area contributed by atoms with Crippen molar-refractivity contribution in [1.82, 2.24) is 4.90 Å². The van der Waals surface area contributed by atoms with Crippen LogP contribution in [-0.4, -0.2) is 45.6 Å². The number of hydrogen-bond acceptors (Lipinski definition) is 4. The number of halogens is 1. The lowest BCUT2D eigenvalue weighted by Crippen LogP contribution is -2.45. The first-order valence-corrected chi connectivity index (χ1v) is 12.0. The van der Waals surface area contributed by atoms with E-state index in [1.807, 2.05) is 30.3 Å². The summed E-state index contributed by atoms with van der Waals surface area (Å²) >= 11 is 6.09. The Labute approximate surface area is 194 Å². The molecule has 3 N–H and O–H groups in total. The molecule has 0 aromatic heterocycles. The highest BCUT2D eigenvalue weighted by Crippen LogP contribution is 2.20. The summed E-state index contributed by atoms with van der Waals surface area (Å²) in [5.41, 5.74) is 3.67. The molecule has 3 aromatic carbocycles. The van der Waals surface area contributed by atoms with E-state index in [9.17, 15) is 5.11 Å². The summed E-state index contributed by atoms with van der Waals surface area (Å²) in [6.45, 7) is 1.53. The van der Waals surface area contributed by atoms with Crippen LogP contribution >= 0.6 is 11.6 Å². The van der Waals surface area contributed by atoms with Gasteiger partial charge >= 0.3 is 10.4 Å². The molecule has 6 nitrogen and oxygen atoms in total. The predicted octanol–water partition coefficient (Wildman–Crippen LogP) is 4.25. The fourth-order valence-electron chi connectivity index (χ4n) is 3.39. The van der Waals surface area contributed by atoms with E-state index in [2.05, 4.69) is 65.6 Å². The minimum atomic E-state index is -4.67. The third-order valence-electron chi connectivity index (χ3n) is 4.82. The SMILES string of the molecule is O=S(=O)(O)O.OC(CCl)C(Cc1ccccc1)N(Cc1ccccc1)Cc1ccccc1. The van der Waals surface area contributed by atoms with Gasteiger partial charge in [0.2, 0.25) is 0 Å². The maximum absolute atomic E-state index is 10.7. The fourth-order valence-corrected chi connectivity index (χ4v) is 3.60. The van der Waals surface area contributed by atoms with Gasteiger partial charge in [-0.3, -0.25) is 14.0 Å². The zero-order chi connectivity index (χ0) is 23.4. The Morgan fingerprint density at radius 1 is 0.719 bits per heavy atom. The van der Waals surface area contributed by atoms with E-state index in [0.29, 0.717) is 0 Å². The molecule has 2 atom stereocenters. The molecule has 0 spiro atoms. The lowest BCUT2D eigenvalue weighted by Gasteiger charge is -2.35. The second-order valence-corrected chi connectivity index (χ2v) is 8.51. The minimum Gasteiger partial charge on any atom is -0.390 e. The highest BCUT2D eigenvalue weighted by atomic mass is 35.5. The van der Waals surface area contributed by atoms with E-state index in [4.69, 9.17) is 29.1 Å². The van der Waals surface area contributed by atoms with Crippen molar-refractivity contribution in [2.75, 3.05) is 5.88 Å². The molecular weight excluding hydrogens is 450 g/mol. The highest BCUT2D eigenvalue weighted by Gasteiger charge is 2.26. The minimum absolute atomic E-state index is 0.0645. The monoisotopic (exact) mass is 477 g/mol. The van der Waals surface area contributed by atoms with Crippen LogP contribution in [0.4, 0.5) is 0 Å². The van der Waals surface area contributed by atoms with Gasteiger partial charge in [-0.25, -0.2) is 0 Å². The largest absolute Gasteiger partial charge is 0.394 e. The molecule has 172 valence electrons. The standard InChI is InChI=1S/C24H26ClNO.H2O4S/c25-17-24(27)23(16-20-10-4-1-5-11-20)26(18-21-12-6-2-7-13-21)19-22-14-8-3-9-15-22;1-5(2,3)4/h1-15,23-24,27H,16-19H2;(H2,1,2,3,4). The van der Waals surface area contributed by atoms with E-state index < -0.39 is 16.5 Å². The van der Waals surface area contributed by atoms with Crippen LogP contribution in [0.3, 0.4) is 0 Å². The summed E-state index contributed by atoms with van der Waals surface area (Å²) in [6, 6.07) is 31.0. The number of aliphatic hydroxyl groups excluding tert-OH is 1. The van der Waals surface area contributed by atoms with E-state index in [-0.39, 0.29) is 11.9 Å². The Bertz CT molecular complexity index is 955. The van der Waals surface area contributed by atoms with Gasteiger partial charge < -0.3 is 5.11 Å². The smallest absolute Gasteiger partial charge is 0.390 e. The van der Waals surface area contributed by atoms with Crippen molar-refractivity contribution in [1.29, 1.82) is 0 Å². The van der Waals surface area contributed by atoms with Crippen LogP contribution in [0.25, 0.3) is 0 Å². The summed E-state index contributed by atoms with van der Waals surface area (Å²) < 4.78 is 31.6. The Morgan fingerprint density at radius 2 is 1.06 bits per heavy atom. The van der Waals surface area contributed by atoms with Crippen molar-refractivity contribution in [2.24, 2.45) is 0 Å². The second kappa shape index (κ2) is 13.3. The molecule has 0 saturated carbocycles. The van der Waals surface area contributed by atoms with Gasteiger partial charge in [-0.2, -0.15) is 8.42 Å². The molecule has 32 heavy (non-hydrogen) atoms. The molecule has 8 heteroatoms. The van der Waals surface area contributed by atoms with E-state index in [1.54, 1.807) is 0 Å². The molecule has 0 aliphatic carbocycles. The summed E-state index contributed by atoms with van der Waals surface area (Å²) in [7, 11) is -4.67. The van der Waals surface area contributed by atoms with Gasteiger partial charge in [0.05, 0.1) is 6.10 Å². The quantitative estimate of drug-likeness (QED) is 0.315. The molecule has 0 bridgehead atoms. The zero-order valence-corrected chi connectivity index (χ0v) is 19.1. The van der Waals surface area contributed by atoms with Crippen LogP contribution in [0.5, 0.6) is 0 Å². The number of nitrogens with zero attached hydrogens (tertiary/aromatic N) is 1. The molecular formula is C24H28ClNO5S. The van der Waals surface area contributed by atoms with Crippen LogP contribution in [0.2, 0.25) is 0 Å². The Balaban J connectivity index is 0.000000654. The first-order chi connectivity index (χ1) is 15.3. The molecule has 0 amide bonds. The number of alkyl halides is 1. The number of aliphatic hydroxyl groups is 1. The van der Waals surface area contributed by atoms with Crippen molar-refractivity contribution < 1.29 is 22.6 Å². The maximum atomic E-state index is 10.7. The van der Waals surface area contributed by atoms with Gasteiger partial charge in [0.25, 0.3) is 0 Å². The van der Waals surface area contributed by atoms with Crippen molar-refractivity contribution in [2.45, 2.75) is 31.7 Å². The average Bonchev–Trinajstić information content (AvgIpc) is 2.77. The van der Waals surface area contributed by atoms with Crippen LogP contribution in [0, 0.1) is 0 Å². The third kappa shape index (κ3) is 10.4. The van der Waals surface area contributed by atoms with Crippen molar-refractivity contribution >= 4 is 22.0 Å². The van der Waals surface area contributed by atoms with Gasteiger partial charge in [-0.1, -0.05) is 91.0 Å². The third-order valence-corrected chi connectivity index (χ3v) is 5.13. The lowest BCUT2D eigenvalue weighted by molar-refractivity contribution is 0.0526. The number of rotatable bonds is 9. The van der Waals surface area contributed by atoms with Crippen LogP contribution in [0.1, 0.15) is 16.7 Å². The molecule has 3 rings (SSSR count). The molecule has 0 fully saturated rings. The van der Waals surface area contributed by atoms with E-state index >= 15 is 0 Å². The summed E-state index contributed by atoms with van der Waals surface area (Å²) in [6.07, 6.45) is 0.160. The molecule has 2 unspecified atom stereocenters. The first kappa shape index (κ1) is 26.0. The Kier molecular flexibility index (Phi) is 10.8. The van der Waals surface area contributed by atoms with Crippen LogP contribution < -0.4 is 0 Å². The molecule has 0 radical (unpaired) electrons. The first-order valence-electron chi connectivity index (χ1n) is 10.1. The van der Waals surface area contributed by atoms with Crippen molar-refractivity contribution in [3.8, 4) is 0 Å². The topological polar surface area (TPSA) is 98.1 Å². The number of hydrogen-bond donors (Lipinski definition) is 3. The van der Waals surface area contributed by atoms with Crippen molar-refractivity contribution in [3.63, 3.8) is 0 Å². The summed E-state index contributed by atoms with van der Waals surface area (Å²) in [5, 5.41) is 10.7. The zero-order valence-electron chi connectivity index (χ0n) is 17.5. The van der Waals surface area contributed by atoms with Gasteiger partial charge in [-0.05, 0) is 23.1 Å². The average molecular weight is 478 g/mol. The van der Waals surface area contributed by atoms with E-state index in [1.165, 1.54) is 16.7 Å². The van der Waals surface area contributed by atoms with Gasteiger partial charge in [0, 0.05) is 25.0 Å². The van der Waals surface area contributed by atoms with Gasteiger partial charge in [-0.15, -0.1) is 11.6 Å². The molecule has 3 aromatic rings. The normalized spacial score (nSPS) is 13.2. The van der Waals surface area contributed by atoms with E-state index in [0.717, 1.165) is 19.5 Å². The van der Waals surface area contributed by atoms with Gasteiger partial charge in [0.1, 0.15) is 0 Å².